The first-order chi connectivity index (χ1) is 9.84. The Bertz CT molecular complexity index is 590. The van der Waals surface area contributed by atoms with Crippen LogP contribution in [0.3, 0.4) is 0 Å². The van der Waals surface area contributed by atoms with Gasteiger partial charge < -0.3 is 14.2 Å². The van der Waals surface area contributed by atoms with Crippen LogP contribution in [0.4, 0.5) is 0 Å². The van der Waals surface area contributed by atoms with E-state index in [1.807, 2.05) is 0 Å². The molecule has 0 radical (unpaired) electrons. The Morgan fingerprint density at radius 2 is 1.95 bits per heavy atom. The minimum atomic E-state index is -1.26. The number of hydrogen-bond acceptors (Lipinski definition) is 7. The van der Waals surface area contributed by atoms with E-state index in [0.717, 1.165) is 0 Å². The smallest absolute Gasteiger partial charge is 0.321 e. The van der Waals surface area contributed by atoms with Gasteiger partial charge in [-0.15, -0.1) is 0 Å². The van der Waals surface area contributed by atoms with Gasteiger partial charge in [-0.25, -0.2) is 0 Å². The van der Waals surface area contributed by atoms with Crippen molar-refractivity contribution in [2.75, 3.05) is 0 Å². The van der Waals surface area contributed by atoms with Crippen LogP contribution in [0.5, 0.6) is 0 Å². The lowest BCUT2D eigenvalue weighted by molar-refractivity contribution is -0.172. The third-order valence-electron chi connectivity index (χ3n) is 4.24. The second-order valence-electron chi connectivity index (χ2n) is 5.58. The van der Waals surface area contributed by atoms with E-state index in [2.05, 4.69) is 0 Å². The van der Waals surface area contributed by atoms with E-state index in [0.29, 0.717) is 12.8 Å². The molecular formula is C14H14O7. The van der Waals surface area contributed by atoms with Crippen molar-refractivity contribution in [3.8, 4) is 0 Å². The highest BCUT2D eigenvalue weighted by molar-refractivity contribution is 5.98. The Balaban J connectivity index is 2.08. The molecule has 0 amide bonds. The molecule has 0 aromatic rings. The molecule has 0 spiro atoms. The van der Waals surface area contributed by atoms with Gasteiger partial charge in [-0.1, -0.05) is 0 Å². The summed E-state index contributed by atoms with van der Waals surface area (Å²) < 4.78 is 15.2. The van der Waals surface area contributed by atoms with Gasteiger partial charge in [-0.05, 0) is 18.9 Å². The zero-order valence-electron chi connectivity index (χ0n) is 11.6. The van der Waals surface area contributed by atoms with Crippen LogP contribution in [-0.4, -0.2) is 29.5 Å². The molecular weight excluding hydrogens is 280 g/mol. The molecule has 3 aliphatic carbocycles. The van der Waals surface area contributed by atoms with E-state index in [4.69, 9.17) is 14.2 Å². The van der Waals surface area contributed by atoms with Gasteiger partial charge in [0.15, 0.2) is 0 Å². The number of ether oxygens (including phenoxy) is 3. The molecule has 0 N–H and O–H groups in total. The fourth-order valence-electron chi connectivity index (χ4n) is 3.64. The predicted octanol–water partition coefficient (Wildman–Crippen LogP) is 0.475. The van der Waals surface area contributed by atoms with Crippen LogP contribution in [-0.2, 0) is 33.4 Å². The number of allylic oxidation sites excluding steroid dienone is 1. The molecule has 112 valence electrons. The van der Waals surface area contributed by atoms with E-state index in [9.17, 15) is 19.2 Å². The average molecular weight is 294 g/mol. The number of rotatable bonds is 2. The minimum absolute atomic E-state index is 0.280. The summed E-state index contributed by atoms with van der Waals surface area (Å²) in [5.74, 6) is -4.16. The first-order valence-electron chi connectivity index (χ1n) is 6.70. The Kier molecular flexibility index (Phi) is 2.89. The molecule has 1 saturated carbocycles. The van der Waals surface area contributed by atoms with Crippen molar-refractivity contribution in [3.05, 3.63) is 11.8 Å². The second kappa shape index (κ2) is 4.41. The highest BCUT2D eigenvalue weighted by Gasteiger charge is 2.66. The molecule has 2 fully saturated rings. The summed E-state index contributed by atoms with van der Waals surface area (Å²) in [5.41, 5.74) is -1.26. The fourth-order valence-corrected chi connectivity index (χ4v) is 3.64. The summed E-state index contributed by atoms with van der Waals surface area (Å²) in [6.45, 7) is 2.48. The number of carbonyl (C=O) groups is 4. The molecule has 4 aliphatic rings. The summed E-state index contributed by atoms with van der Waals surface area (Å²) in [5, 5.41) is 0. The van der Waals surface area contributed by atoms with Gasteiger partial charge in [0.05, 0.1) is 5.92 Å². The van der Waals surface area contributed by atoms with Gasteiger partial charge in [-0.2, -0.15) is 0 Å². The summed E-state index contributed by atoms with van der Waals surface area (Å²) >= 11 is 0. The quantitative estimate of drug-likeness (QED) is 0.415. The van der Waals surface area contributed by atoms with Crippen LogP contribution >= 0.6 is 0 Å². The van der Waals surface area contributed by atoms with Crippen LogP contribution in [0.15, 0.2) is 11.8 Å². The van der Waals surface area contributed by atoms with Crippen LogP contribution in [0, 0.1) is 17.8 Å². The maximum Gasteiger partial charge on any atom is 0.321 e. The standard InChI is InChI=1S/C14H14O7/c1-6(15)19-9-5-14(21-7(2)16)4-3-8(9)10-11(14)13(18)20-12(10)17/h5,8,10-11H,3-4H2,1-2H3/t8-,10+,11+,14-/m0/s1. The van der Waals surface area contributed by atoms with Crippen LogP contribution in [0.1, 0.15) is 26.7 Å². The first-order valence-corrected chi connectivity index (χ1v) is 6.70. The molecule has 1 heterocycles. The number of hydrogen-bond donors (Lipinski definition) is 0. The number of cyclic esters (lactones) is 2. The largest absolute Gasteiger partial charge is 0.454 e. The van der Waals surface area contributed by atoms with Gasteiger partial charge in [-0.3, -0.25) is 19.2 Å². The molecule has 4 rings (SSSR count). The fraction of sp³-hybridized carbons (Fsp3) is 0.571. The normalized spacial score (nSPS) is 36.7. The van der Waals surface area contributed by atoms with Crippen molar-refractivity contribution < 1.29 is 33.4 Å². The molecule has 2 bridgehead atoms. The lowest BCUT2D eigenvalue weighted by Crippen LogP contribution is -2.55. The van der Waals surface area contributed by atoms with E-state index in [1.165, 1.54) is 19.9 Å². The Morgan fingerprint density at radius 3 is 2.57 bits per heavy atom. The summed E-state index contributed by atoms with van der Waals surface area (Å²) in [6.07, 6.45) is 2.37. The van der Waals surface area contributed by atoms with Crippen molar-refractivity contribution in [2.24, 2.45) is 17.8 Å². The third kappa shape index (κ3) is 1.95. The Morgan fingerprint density at radius 1 is 1.24 bits per heavy atom. The molecule has 7 nitrogen and oxygen atoms in total. The number of carbonyl (C=O) groups excluding carboxylic acids is 4. The lowest BCUT2D eigenvalue weighted by atomic mass is 9.59. The van der Waals surface area contributed by atoms with Gasteiger partial charge in [0.1, 0.15) is 17.3 Å². The lowest BCUT2D eigenvalue weighted by Gasteiger charge is -2.47. The van der Waals surface area contributed by atoms with Gasteiger partial charge in [0.2, 0.25) is 0 Å². The van der Waals surface area contributed by atoms with Crippen molar-refractivity contribution >= 4 is 23.9 Å². The number of fused-ring (bicyclic) bond motifs is 1. The zero-order valence-corrected chi connectivity index (χ0v) is 11.6. The molecule has 1 saturated heterocycles. The van der Waals surface area contributed by atoms with Crippen molar-refractivity contribution in [1.82, 2.24) is 0 Å². The molecule has 4 atom stereocenters. The Hall–Kier alpha value is -2.18. The third-order valence-corrected chi connectivity index (χ3v) is 4.24. The van der Waals surface area contributed by atoms with Crippen LogP contribution in [0.25, 0.3) is 0 Å². The van der Waals surface area contributed by atoms with E-state index >= 15 is 0 Å². The van der Waals surface area contributed by atoms with Gasteiger partial charge >= 0.3 is 23.9 Å². The molecule has 21 heavy (non-hydrogen) atoms. The molecule has 0 aromatic heterocycles. The molecule has 0 unspecified atom stereocenters. The second-order valence-corrected chi connectivity index (χ2v) is 5.58. The van der Waals surface area contributed by atoms with Gasteiger partial charge in [0.25, 0.3) is 0 Å². The van der Waals surface area contributed by atoms with Crippen molar-refractivity contribution in [1.29, 1.82) is 0 Å². The molecule has 0 aromatic carbocycles. The SMILES string of the molecule is CC(=O)OC1=C[C@@]2(OC(C)=O)CC[C@@H]1[C@H]1C(=O)OC(=O)[C@@H]12. The monoisotopic (exact) mass is 294 g/mol. The van der Waals surface area contributed by atoms with E-state index in [-0.39, 0.29) is 5.76 Å². The first kappa shape index (κ1) is 13.8. The zero-order chi connectivity index (χ0) is 15.4. The highest BCUT2D eigenvalue weighted by atomic mass is 16.6. The summed E-state index contributed by atoms with van der Waals surface area (Å²) in [6, 6.07) is 0. The van der Waals surface area contributed by atoms with Crippen molar-refractivity contribution in [3.63, 3.8) is 0 Å². The minimum Gasteiger partial charge on any atom is -0.454 e. The maximum atomic E-state index is 12.0. The van der Waals surface area contributed by atoms with Crippen LogP contribution in [0.2, 0.25) is 0 Å². The van der Waals surface area contributed by atoms with E-state index in [1.54, 1.807) is 0 Å². The summed E-state index contributed by atoms with van der Waals surface area (Å²) in [4.78, 5) is 46.5. The predicted molar refractivity (Wildman–Crippen MR) is 65.1 cm³/mol. The van der Waals surface area contributed by atoms with E-state index < -0.39 is 47.2 Å². The molecule has 1 aliphatic heterocycles. The topological polar surface area (TPSA) is 96.0 Å². The molecule has 7 heteroatoms. The maximum absolute atomic E-state index is 12.0. The van der Waals surface area contributed by atoms with Gasteiger partial charge in [0, 0.05) is 19.8 Å². The average Bonchev–Trinajstić information content (AvgIpc) is 2.65. The highest BCUT2D eigenvalue weighted by Crippen LogP contribution is 2.55. The van der Waals surface area contributed by atoms with Crippen LogP contribution < -0.4 is 0 Å². The number of esters is 4. The Labute approximate surface area is 120 Å². The van der Waals surface area contributed by atoms with Crippen molar-refractivity contribution in [2.45, 2.75) is 32.3 Å². The summed E-state index contributed by atoms with van der Waals surface area (Å²) in [7, 11) is 0.